The fraction of sp³-hybridized carbons (Fsp3) is 0.333. The molecule has 0 spiro atoms. The third-order valence-corrected chi connectivity index (χ3v) is 4.06. The predicted molar refractivity (Wildman–Crippen MR) is 91.8 cm³/mol. The van der Waals surface area contributed by atoms with Crippen LogP contribution in [-0.4, -0.2) is 47.0 Å². The van der Waals surface area contributed by atoms with Gasteiger partial charge in [-0.2, -0.15) is 0 Å². The molecule has 0 atom stereocenters. The molecule has 1 aliphatic heterocycles. The maximum absolute atomic E-state index is 11.3. The first-order valence-corrected chi connectivity index (χ1v) is 8.15. The number of ether oxygens (including phenoxy) is 1. The van der Waals surface area contributed by atoms with Crippen LogP contribution in [0.15, 0.2) is 48.7 Å². The Morgan fingerprint density at radius 3 is 2.83 bits per heavy atom. The minimum Gasteiger partial charge on any atom is -0.439 e. The van der Waals surface area contributed by atoms with E-state index in [0.29, 0.717) is 12.4 Å². The van der Waals surface area contributed by atoms with Crippen LogP contribution >= 0.6 is 0 Å². The Morgan fingerprint density at radius 1 is 1.12 bits per heavy atom. The van der Waals surface area contributed by atoms with Crippen molar-refractivity contribution in [2.45, 2.75) is 13.0 Å². The number of nitrogens with two attached hydrogens (primary N) is 1. The fourth-order valence-electron chi connectivity index (χ4n) is 2.84. The smallest absolute Gasteiger partial charge is 0.314 e. The third-order valence-electron chi connectivity index (χ3n) is 4.06. The van der Waals surface area contributed by atoms with E-state index in [1.54, 1.807) is 11.1 Å². The zero-order valence-corrected chi connectivity index (χ0v) is 13.6. The van der Waals surface area contributed by atoms with E-state index in [-0.39, 0.29) is 6.03 Å². The summed E-state index contributed by atoms with van der Waals surface area (Å²) in [5.74, 6) is 1.36. The van der Waals surface area contributed by atoms with Crippen LogP contribution in [0.25, 0.3) is 0 Å². The average molecular weight is 326 g/mol. The van der Waals surface area contributed by atoms with E-state index in [4.69, 9.17) is 10.5 Å². The summed E-state index contributed by atoms with van der Waals surface area (Å²) in [5.41, 5.74) is 6.55. The van der Waals surface area contributed by atoms with Crippen LogP contribution in [0, 0.1) is 0 Å². The molecule has 1 aromatic heterocycles. The average Bonchev–Trinajstić information content (AvgIpc) is 2.82. The van der Waals surface area contributed by atoms with Crippen molar-refractivity contribution >= 4 is 6.03 Å². The molecule has 126 valence electrons. The van der Waals surface area contributed by atoms with Crippen LogP contribution in [0.1, 0.15) is 12.0 Å². The van der Waals surface area contributed by atoms with E-state index >= 15 is 0 Å². The molecule has 6 nitrogen and oxygen atoms in total. The Morgan fingerprint density at radius 2 is 2.04 bits per heavy atom. The number of urea groups is 1. The summed E-state index contributed by atoms with van der Waals surface area (Å²) in [6.07, 6.45) is 2.65. The lowest BCUT2D eigenvalue weighted by Gasteiger charge is -2.21. The summed E-state index contributed by atoms with van der Waals surface area (Å²) in [5, 5.41) is 0. The summed E-state index contributed by atoms with van der Waals surface area (Å²) in [6, 6.07) is 13.3. The second-order valence-electron chi connectivity index (χ2n) is 5.87. The van der Waals surface area contributed by atoms with Crippen molar-refractivity contribution in [1.82, 2.24) is 14.8 Å². The van der Waals surface area contributed by atoms with Crippen molar-refractivity contribution in [3.8, 4) is 11.6 Å². The lowest BCUT2D eigenvalue weighted by atomic mass is 10.2. The minimum absolute atomic E-state index is 0.331. The van der Waals surface area contributed by atoms with Gasteiger partial charge in [0.25, 0.3) is 0 Å². The fourth-order valence-corrected chi connectivity index (χ4v) is 2.84. The molecule has 1 fully saturated rings. The van der Waals surface area contributed by atoms with Crippen molar-refractivity contribution in [2.24, 2.45) is 5.73 Å². The molecule has 0 unspecified atom stereocenters. The highest BCUT2D eigenvalue weighted by atomic mass is 16.5. The number of amides is 2. The molecule has 0 bridgehead atoms. The van der Waals surface area contributed by atoms with E-state index in [0.717, 1.165) is 38.3 Å². The monoisotopic (exact) mass is 326 g/mol. The summed E-state index contributed by atoms with van der Waals surface area (Å²) in [7, 11) is 0. The number of aromatic nitrogens is 1. The number of rotatable bonds is 4. The molecule has 2 N–H and O–H groups in total. The minimum atomic E-state index is -0.331. The predicted octanol–water partition coefficient (Wildman–Crippen LogP) is 2.46. The molecule has 2 amide bonds. The maximum atomic E-state index is 11.3. The molecule has 0 aliphatic carbocycles. The topological polar surface area (TPSA) is 71.7 Å². The molecule has 2 heterocycles. The summed E-state index contributed by atoms with van der Waals surface area (Å²) in [6.45, 7) is 4.02. The third kappa shape index (κ3) is 4.45. The van der Waals surface area contributed by atoms with Gasteiger partial charge >= 0.3 is 6.03 Å². The molecule has 6 heteroatoms. The maximum Gasteiger partial charge on any atom is 0.314 e. The van der Waals surface area contributed by atoms with E-state index in [9.17, 15) is 4.79 Å². The number of hydrogen-bond acceptors (Lipinski definition) is 4. The number of carbonyl (C=O) groups is 1. The van der Waals surface area contributed by atoms with Crippen LogP contribution in [0.3, 0.4) is 0 Å². The number of hydrogen-bond donors (Lipinski definition) is 1. The summed E-state index contributed by atoms with van der Waals surface area (Å²) in [4.78, 5) is 19.5. The Balaban J connectivity index is 1.61. The van der Waals surface area contributed by atoms with Crippen LogP contribution in [0.5, 0.6) is 11.6 Å². The molecule has 3 rings (SSSR count). The highest BCUT2D eigenvalue weighted by Gasteiger charge is 2.17. The highest BCUT2D eigenvalue weighted by molar-refractivity contribution is 5.71. The van der Waals surface area contributed by atoms with Gasteiger partial charge in [-0.1, -0.05) is 18.2 Å². The molecule has 0 radical (unpaired) electrons. The number of carbonyl (C=O) groups excluding carboxylic acids is 1. The Hall–Kier alpha value is -2.60. The molecule has 2 aromatic rings. The van der Waals surface area contributed by atoms with E-state index in [1.165, 1.54) is 5.56 Å². The van der Waals surface area contributed by atoms with Gasteiger partial charge in [0.15, 0.2) is 0 Å². The number of benzene rings is 1. The SMILES string of the molecule is NC(=O)N1CCCN(Cc2cccc(Oc3ccccn3)c2)CC1. The van der Waals surface area contributed by atoms with E-state index < -0.39 is 0 Å². The van der Waals surface area contributed by atoms with Crippen LogP contribution in [0.2, 0.25) is 0 Å². The van der Waals surface area contributed by atoms with Gasteiger partial charge in [0.1, 0.15) is 5.75 Å². The first-order chi connectivity index (χ1) is 11.7. The molecule has 24 heavy (non-hydrogen) atoms. The van der Waals surface area contributed by atoms with Gasteiger partial charge in [0, 0.05) is 45.0 Å². The zero-order chi connectivity index (χ0) is 16.8. The lowest BCUT2D eigenvalue weighted by molar-refractivity contribution is 0.207. The van der Waals surface area contributed by atoms with Gasteiger partial charge in [0.2, 0.25) is 5.88 Å². The van der Waals surface area contributed by atoms with Gasteiger partial charge in [-0.15, -0.1) is 0 Å². The van der Waals surface area contributed by atoms with E-state index in [1.807, 2.05) is 36.4 Å². The molecule has 1 aliphatic rings. The van der Waals surface area contributed by atoms with Crippen molar-refractivity contribution in [1.29, 1.82) is 0 Å². The molecule has 0 saturated carbocycles. The first-order valence-electron chi connectivity index (χ1n) is 8.15. The van der Waals surface area contributed by atoms with Gasteiger partial charge in [-0.05, 0) is 30.2 Å². The Bertz CT molecular complexity index is 678. The number of nitrogens with zero attached hydrogens (tertiary/aromatic N) is 3. The van der Waals surface area contributed by atoms with Crippen LogP contribution < -0.4 is 10.5 Å². The van der Waals surface area contributed by atoms with Gasteiger partial charge in [0.05, 0.1) is 0 Å². The van der Waals surface area contributed by atoms with Gasteiger partial charge in [-0.25, -0.2) is 9.78 Å². The van der Waals surface area contributed by atoms with Crippen LogP contribution in [0.4, 0.5) is 4.79 Å². The Labute approximate surface area is 141 Å². The van der Waals surface area contributed by atoms with Gasteiger partial charge < -0.3 is 15.4 Å². The lowest BCUT2D eigenvalue weighted by Crippen LogP contribution is -2.38. The van der Waals surface area contributed by atoms with Crippen molar-refractivity contribution in [2.75, 3.05) is 26.2 Å². The Kier molecular flexibility index (Phi) is 5.28. The summed E-state index contributed by atoms with van der Waals surface area (Å²) < 4.78 is 5.78. The molecular formula is C18H22N4O2. The van der Waals surface area contributed by atoms with Crippen molar-refractivity contribution in [3.63, 3.8) is 0 Å². The van der Waals surface area contributed by atoms with Crippen molar-refractivity contribution < 1.29 is 9.53 Å². The second kappa shape index (κ2) is 7.79. The normalized spacial score (nSPS) is 15.8. The quantitative estimate of drug-likeness (QED) is 0.937. The molecule has 1 aromatic carbocycles. The molecular weight excluding hydrogens is 304 g/mol. The standard InChI is InChI=1S/C18H22N4O2/c19-18(23)22-10-4-9-21(11-12-22)14-15-5-3-6-16(13-15)24-17-7-1-2-8-20-17/h1-3,5-8,13H,4,9-12,14H2,(H2,19,23). The van der Waals surface area contributed by atoms with Crippen LogP contribution in [-0.2, 0) is 6.54 Å². The number of pyridine rings is 1. The second-order valence-corrected chi connectivity index (χ2v) is 5.87. The zero-order valence-electron chi connectivity index (χ0n) is 13.6. The molecule has 1 saturated heterocycles. The number of primary amides is 1. The highest BCUT2D eigenvalue weighted by Crippen LogP contribution is 2.21. The van der Waals surface area contributed by atoms with Crippen molar-refractivity contribution in [3.05, 3.63) is 54.2 Å². The summed E-state index contributed by atoms with van der Waals surface area (Å²) >= 11 is 0. The first kappa shape index (κ1) is 16.3. The van der Waals surface area contributed by atoms with Gasteiger partial charge in [-0.3, -0.25) is 4.90 Å². The largest absolute Gasteiger partial charge is 0.439 e. The van der Waals surface area contributed by atoms with E-state index in [2.05, 4.69) is 16.0 Å².